The van der Waals surface area contributed by atoms with Gasteiger partial charge in [0.2, 0.25) is 0 Å². The Hall–Kier alpha value is -1.40. The Morgan fingerprint density at radius 1 is 1.10 bits per heavy atom. The number of rotatable bonds is 3. The van der Waals surface area contributed by atoms with Gasteiger partial charge in [-0.15, -0.1) is 0 Å². The van der Waals surface area contributed by atoms with Crippen molar-refractivity contribution in [1.82, 2.24) is 9.55 Å². The molecule has 2 fully saturated rings. The SMILES string of the molecule is Cc1cn(C2=CCC3C4CC=C5C[C@@H](OS(C)(=O)=O)CC[C@]5(C)C4CC[C@]23C)cn1. The zero-order chi connectivity index (χ0) is 21.3. The third kappa shape index (κ3) is 3.13. The fraction of sp³-hybridized carbons (Fsp3) is 0.708. The minimum absolute atomic E-state index is 0.186. The summed E-state index contributed by atoms with van der Waals surface area (Å²) < 4.78 is 30.9. The molecule has 1 aromatic rings. The van der Waals surface area contributed by atoms with E-state index >= 15 is 0 Å². The van der Waals surface area contributed by atoms with E-state index in [0.717, 1.165) is 37.8 Å². The number of nitrogens with zero attached hydrogens (tertiary/aromatic N) is 2. The zero-order valence-corrected chi connectivity index (χ0v) is 19.4. The van der Waals surface area contributed by atoms with Crippen LogP contribution in [0.2, 0.25) is 0 Å². The van der Waals surface area contributed by atoms with Crippen molar-refractivity contribution in [2.45, 2.75) is 71.8 Å². The molecule has 30 heavy (non-hydrogen) atoms. The lowest BCUT2D eigenvalue weighted by molar-refractivity contribution is -0.0217. The van der Waals surface area contributed by atoms with E-state index in [1.807, 2.05) is 6.33 Å². The van der Waals surface area contributed by atoms with Crippen LogP contribution in [0.15, 0.2) is 30.2 Å². The van der Waals surface area contributed by atoms with Crippen molar-refractivity contribution < 1.29 is 12.6 Å². The molecular formula is C24H34N2O3S. The van der Waals surface area contributed by atoms with E-state index in [4.69, 9.17) is 4.18 Å². The van der Waals surface area contributed by atoms with Crippen LogP contribution in [0.25, 0.3) is 5.70 Å². The molecule has 0 spiro atoms. The quantitative estimate of drug-likeness (QED) is 0.503. The third-order valence-corrected chi connectivity index (χ3v) is 9.52. The minimum Gasteiger partial charge on any atom is -0.310 e. The first kappa shape index (κ1) is 20.5. The summed E-state index contributed by atoms with van der Waals surface area (Å²) in [5, 5.41) is 0. The molecule has 1 heterocycles. The molecule has 5 rings (SSSR count). The van der Waals surface area contributed by atoms with Crippen LogP contribution in [0.1, 0.15) is 64.5 Å². The van der Waals surface area contributed by atoms with E-state index in [2.05, 4.69) is 48.7 Å². The van der Waals surface area contributed by atoms with Crippen molar-refractivity contribution in [3.05, 3.63) is 35.9 Å². The van der Waals surface area contributed by atoms with Crippen molar-refractivity contribution in [1.29, 1.82) is 0 Å². The van der Waals surface area contributed by atoms with Crippen LogP contribution in [-0.4, -0.2) is 30.3 Å². The summed E-state index contributed by atoms with van der Waals surface area (Å²) >= 11 is 0. The van der Waals surface area contributed by atoms with Crippen molar-refractivity contribution in [2.24, 2.45) is 28.6 Å². The molecule has 1 aromatic heterocycles. The van der Waals surface area contributed by atoms with Gasteiger partial charge in [-0.25, -0.2) is 4.98 Å². The van der Waals surface area contributed by atoms with Gasteiger partial charge < -0.3 is 4.57 Å². The normalized spacial score (nSPS) is 40.8. The molecule has 6 heteroatoms. The lowest BCUT2D eigenvalue weighted by Gasteiger charge is -2.57. The fourth-order valence-corrected chi connectivity index (χ4v) is 8.11. The van der Waals surface area contributed by atoms with Crippen molar-refractivity contribution in [3.8, 4) is 0 Å². The topological polar surface area (TPSA) is 61.2 Å². The molecular weight excluding hydrogens is 396 g/mol. The summed E-state index contributed by atoms with van der Waals surface area (Å²) in [5.74, 6) is 2.06. The monoisotopic (exact) mass is 430 g/mol. The van der Waals surface area contributed by atoms with Gasteiger partial charge in [0.15, 0.2) is 0 Å². The average Bonchev–Trinajstić information content (AvgIpc) is 3.23. The molecule has 0 amide bonds. The van der Waals surface area contributed by atoms with Crippen LogP contribution in [0.4, 0.5) is 0 Å². The van der Waals surface area contributed by atoms with Crippen LogP contribution in [0, 0.1) is 35.5 Å². The van der Waals surface area contributed by atoms with Gasteiger partial charge in [-0.1, -0.05) is 31.6 Å². The van der Waals surface area contributed by atoms with Gasteiger partial charge >= 0.3 is 0 Å². The smallest absolute Gasteiger partial charge is 0.264 e. The zero-order valence-electron chi connectivity index (χ0n) is 18.6. The molecule has 4 aliphatic carbocycles. The highest BCUT2D eigenvalue weighted by atomic mass is 32.2. The van der Waals surface area contributed by atoms with Gasteiger partial charge in [0.25, 0.3) is 10.1 Å². The third-order valence-electron chi connectivity index (χ3n) is 8.90. The first-order chi connectivity index (χ1) is 14.1. The number of imidazole rings is 1. The van der Waals surface area contributed by atoms with E-state index < -0.39 is 10.1 Å². The van der Waals surface area contributed by atoms with Crippen LogP contribution in [-0.2, 0) is 14.3 Å². The molecule has 2 saturated carbocycles. The standard InChI is InChI=1S/C24H34N2O3S/c1-16-14-26(15-25-16)22-8-7-20-19-6-5-17-13-18(29-30(4,27)28)9-11-23(17,2)21(19)10-12-24(20,22)3/h5,8,14-15,18-21H,6-7,9-13H2,1-4H3/t18-,19?,20?,21?,23-,24-/m0/s1. The van der Waals surface area contributed by atoms with Gasteiger partial charge in [-0.3, -0.25) is 4.18 Å². The molecule has 0 N–H and O–H groups in total. The summed E-state index contributed by atoms with van der Waals surface area (Å²) in [6, 6.07) is 0. The second kappa shape index (κ2) is 6.80. The van der Waals surface area contributed by atoms with Gasteiger partial charge in [0.05, 0.1) is 24.4 Å². The van der Waals surface area contributed by atoms with E-state index in [1.54, 1.807) is 0 Å². The van der Waals surface area contributed by atoms with E-state index in [9.17, 15) is 8.42 Å². The summed E-state index contributed by atoms with van der Waals surface area (Å²) in [6.07, 6.45) is 17.4. The number of allylic oxidation sites excluding steroid dienone is 3. The summed E-state index contributed by atoms with van der Waals surface area (Å²) in [5.41, 5.74) is 4.37. The van der Waals surface area contributed by atoms with E-state index in [0.29, 0.717) is 17.8 Å². The van der Waals surface area contributed by atoms with Crippen LogP contribution < -0.4 is 0 Å². The van der Waals surface area contributed by atoms with Crippen molar-refractivity contribution in [2.75, 3.05) is 6.26 Å². The largest absolute Gasteiger partial charge is 0.310 e. The molecule has 0 aromatic carbocycles. The van der Waals surface area contributed by atoms with E-state index in [-0.39, 0.29) is 16.9 Å². The van der Waals surface area contributed by atoms with Crippen LogP contribution in [0.5, 0.6) is 0 Å². The highest BCUT2D eigenvalue weighted by Crippen LogP contribution is 2.65. The maximum Gasteiger partial charge on any atom is 0.264 e. The minimum atomic E-state index is -3.40. The maximum atomic E-state index is 11.6. The molecule has 0 bridgehead atoms. The Balaban J connectivity index is 1.40. The molecule has 0 aliphatic heterocycles. The summed E-state index contributed by atoms with van der Waals surface area (Å²) in [7, 11) is -3.40. The predicted octanol–water partition coefficient (Wildman–Crippen LogP) is 4.95. The number of hydrogen-bond donors (Lipinski definition) is 0. The average molecular weight is 431 g/mol. The summed E-state index contributed by atoms with van der Waals surface area (Å²) in [4.78, 5) is 4.47. The molecule has 4 aliphatic rings. The number of aryl methyl sites for hydroxylation is 1. The van der Waals surface area contributed by atoms with Crippen LogP contribution in [0.3, 0.4) is 0 Å². The molecule has 164 valence electrons. The Kier molecular flexibility index (Phi) is 4.64. The van der Waals surface area contributed by atoms with Gasteiger partial charge in [0.1, 0.15) is 0 Å². The summed E-state index contributed by atoms with van der Waals surface area (Å²) in [6.45, 7) is 6.97. The molecule has 6 atom stereocenters. The number of fused-ring (bicyclic) bond motifs is 5. The van der Waals surface area contributed by atoms with Crippen molar-refractivity contribution in [3.63, 3.8) is 0 Å². The Morgan fingerprint density at radius 3 is 2.57 bits per heavy atom. The molecule has 0 saturated heterocycles. The van der Waals surface area contributed by atoms with Gasteiger partial charge in [-0.05, 0) is 75.0 Å². The Bertz CT molecular complexity index is 1020. The first-order valence-electron chi connectivity index (χ1n) is 11.4. The Morgan fingerprint density at radius 2 is 1.87 bits per heavy atom. The number of hydrogen-bond acceptors (Lipinski definition) is 4. The number of aromatic nitrogens is 2. The lowest BCUT2D eigenvalue weighted by Crippen LogP contribution is -2.50. The second-order valence-corrected chi connectivity index (χ2v) is 12.2. The molecule has 3 unspecified atom stereocenters. The maximum absolute atomic E-state index is 11.6. The highest BCUT2D eigenvalue weighted by molar-refractivity contribution is 7.86. The van der Waals surface area contributed by atoms with Crippen molar-refractivity contribution >= 4 is 15.8 Å². The molecule has 0 radical (unpaired) electrons. The van der Waals surface area contributed by atoms with Crippen LogP contribution >= 0.6 is 0 Å². The Labute approximate surface area is 180 Å². The lowest BCUT2D eigenvalue weighted by atomic mass is 9.48. The van der Waals surface area contributed by atoms with Gasteiger partial charge in [0, 0.05) is 17.3 Å². The molecule has 5 nitrogen and oxygen atoms in total. The predicted molar refractivity (Wildman–Crippen MR) is 118 cm³/mol. The fourth-order valence-electron chi connectivity index (χ4n) is 7.45. The van der Waals surface area contributed by atoms with Gasteiger partial charge in [-0.2, -0.15) is 8.42 Å². The first-order valence-corrected chi connectivity index (χ1v) is 13.2. The highest BCUT2D eigenvalue weighted by Gasteiger charge is 2.57. The second-order valence-electron chi connectivity index (χ2n) is 10.6. The van der Waals surface area contributed by atoms with E-state index in [1.165, 1.54) is 30.4 Å².